The topological polar surface area (TPSA) is 3.24 Å². The highest BCUT2D eigenvalue weighted by Crippen LogP contribution is 2.06. The second-order valence-electron chi connectivity index (χ2n) is 3.49. The van der Waals surface area contributed by atoms with Crippen LogP contribution in [0.2, 0.25) is 19.6 Å². The van der Waals surface area contributed by atoms with Gasteiger partial charge in [-0.1, -0.05) is 19.6 Å². The summed E-state index contributed by atoms with van der Waals surface area (Å²) in [6, 6.07) is 0. The summed E-state index contributed by atoms with van der Waals surface area (Å²) in [5, 5.41) is 1.36. The molecule has 0 aliphatic rings. The summed E-state index contributed by atoms with van der Waals surface area (Å²) in [5.74, 6) is 0. The van der Waals surface area contributed by atoms with E-state index in [0.717, 1.165) is 0 Å². The zero-order valence-electron chi connectivity index (χ0n) is 6.95. The Morgan fingerprint density at radius 3 is 1.56 bits per heavy atom. The molecule has 9 heavy (non-hydrogen) atoms. The van der Waals surface area contributed by atoms with E-state index >= 15 is 0 Å². The highest BCUT2D eigenvalue weighted by atomic mass is 31.0. The Kier molecular flexibility index (Phi) is 3.07. The minimum Gasteiger partial charge on any atom is -0.285 e. The molecule has 0 heterocycles. The van der Waals surface area contributed by atoms with Gasteiger partial charge in [-0.25, -0.2) is 0 Å². The van der Waals surface area contributed by atoms with Gasteiger partial charge < -0.3 is 0 Å². The molecular weight excluding hydrogens is 145 g/mol. The summed E-state index contributed by atoms with van der Waals surface area (Å²) in [5.41, 5.74) is 0. The van der Waals surface area contributed by atoms with Crippen LogP contribution in [0.5, 0.6) is 0 Å². The van der Waals surface area contributed by atoms with Crippen LogP contribution in [0.1, 0.15) is 0 Å². The molecule has 0 saturated carbocycles. The zero-order valence-corrected chi connectivity index (χ0v) is 8.95. The Morgan fingerprint density at radius 1 is 1.22 bits per heavy atom. The maximum atomic E-state index is 3.62. The summed E-state index contributed by atoms with van der Waals surface area (Å²) in [4.78, 5) is 2.14. The van der Waals surface area contributed by atoms with Gasteiger partial charge in [0.1, 0.15) is 0 Å². The van der Waals surface area contributed by atoms with E-state index in [2.05, 4.69) is 47.5 Å². The van der Waals surface area contributed by atoms with E-state index in [-0.39, 0.29) is 0 Å². The molecule has 0 aliphatic carbocycles. The smallest absolute Gasteiger partial charge is 0.0966 e. The van der Waals surface area contributed by atoms with E-state index in [0.29, 0.717) is 0 Å². The third kappa shape index (κ3) is 3.14. The van der Waals surface area contributed by atoms with Crippen LogP contribution >= 0.6 is 8.86 Å². The van der Waals surface area contributed by atoms with Crippen LogP contribution in [-0.2, 0) is 0 Å². The van der Waals surface area contributed by atoms with Crippen molar-refractivity contribution in [2.24, 2.45) is 0 Å². The zero-order chi connectivity index (χ0) is 7.65. The van der Waals surface area contributed by atoms with Crippen molar-refractivity contribution < 1.29 is 0 Å². The first-order chi connectivity index (χ1) is 3.85. The third-order valence-electron chi connectivity index (χ3n) is 1.16. The molecule has 54 valence electrons. The van der Waals surface area contributed by atoms with Crippen molar-refractivity contribution >= 4 is 22.0 Å². The first kappa shape index (κ1) is 9.35. The van der Waals surface area contributed by atoms with Crippen LogP contribution in [0.3, 0.4) is 0 Å². The number of hydrogen-bond acceptors (Lipinski definition) is 0. The predicted octanol–water partition coefficient (Wildman–Crippen LogP) is 1.70. The molecule has 0 spiro atoms. The average Bonchev–Trinajstić information content (AvgIpc) is 1.62. The van der Waals surface area contributed by atoms with Crippen molar-refractivity contribution in [2.75, 3.05) is 14.1 Å². The summed E-state index contributed by atoms with van der Waals surface area (Å²) in [6.07, 6.45) is 0. The molecule has 0 radical (unpaired) electrons. The Bertz CT molecular complexity index is 115. The lowest BCUT2D eigenvalue weighted by Crippen LogP contribution is -2.41. The SMILES string of the molecule is CN(C)C(=P)[Si](C)(C)C. The van der Waals surface area contributed by atoms with Crippen molar-refractivity contribution in [3.05, 3.63) is 0 Å². The standard InChI is InChI=1S/C6H16NPSi/c1-7(2)6(8)9(3,4)5/h8H,1-5H3. The molecule has 0 amide bonds. The molecule has 0 aromatic heterocycles. The van der Waals surface area contributed by atoms with Crippen molar-refractivity contribution in [3.63, 3.8) is 0 Å². The third-order valence-corrected chi connectivity index (χ3v) is 5.72. The highest BCUT2D eigenvalue weighted by molar-refractivity contribution is 7.37. The molecular formula is C6H16NPSi. The van der Waals surface area contributed by atoms with Crippen LogP contribution in [0.4, 0.5) is 0 Å². The van der Waals surface area contributed by atoms with E-state index in [9.17, 15) is 0 Å². The van der Waals surface area contributed by atoms with Crippen molar-refractivity contribution in [2.45, 2.75) is 19.6 Å². The highest BCUT2D eigenvalue weighted by Gasteiger charge is 2.19. The van der Waals surface area contributed by atoms with Crippen molar-refractivity contribution in [1.82, 2.24) is 4.90 Å². The lowest BCUT2D eigenvalue weighted by Gasteiger charge is -2.24. The Morgan fingerprint density at radius 2 is 1.56 bits per heavy atom. The summed E-state index contributed by atoms with van der Waals surface area (Å²) in [6.45, 7) is 6.94. The average molecular weight is 161 g/mol. The van der Waals surface area contributed by atoms with Crippen molar-refractivity contribution in [3.8, 4) is 0 Å². The fraction of sp³-hybridized carbons (Fsp3) is 0.833. The van der Waals surface area contributed by atoms with Crippen LogP contribution < -0.4 is 0 Å². The summed E-state index contributed by atoms with van der Waals surface area (Å²) in [7, 11) is 6.69. The molecule has 3 heteroatoms. The predicted molar refractivity (Wildman–Crippen MR) is 50.4 cm³/mol. The molecule has 0 saturated heterocycles. The van der Waals surface area contributed by atoms with E-state index in [1.165, 1.54) is 5.04 Å². The molecule has 0 aromatic rings. The molecule has 0 bridgehead atoms. The van der Waals surface area contributed by atoms with Gasteiger partial charge in [-0.05, 0) is 19.1 Å². The minimum atomic E-state index is -1.07. The second-order valence-corrected chi connectivity index (χ2v) is 9.44. The van der Waals surface area contributed by atoms with E-state index in [4.69, 9.17) is 0 Å². The lowest BCUT2D eigenvalue weighted by atomic mass is 11.0. The summed E-state index contributed by atoms with van der Waals surface area (Å²) >= 11 is 0. The monoisotopic (exact) mass is 161 g/mol. The Balaban J connectivity index is 4.06. The molecule has 0 fully saturated rings. The number of rotatable bonds is 2. The van der Waals surface area contributed by atoms with Gasteiger partial charge in [0.25, 0.3) is 0 Å². The Hall–Kier alpha value is 0.347. The fourth-order valence-electron chi connectivity index (χ4n) is 0.671. The maximum absolute atomic E-state index is 3.62. The van der Waals surface area contributed by atoms with Gasteiger partial charge in [-0.2, -0.15) is 0 Å². The normalized spacial score (nSPS) is 12.2. The van der Waals surface area contributed by atoms with E-state index in [1.807, 2.05) is 0 Å². The quantitative estimate of drug-likeness (QED) is 0.440. The lowest BCUT2D eigenvalue weighted by molar-refractivity contribution is 0.643. The second kappa shape index (κ2) is 2.96. The molecule has 0 rings (SSSR count). The first-order valence-corrected chi connectivity index (χ1v) is 7.12. The Labute approximate surface area is 61.3 Å². The minimum absolute atomic E-state index is 1.07. The molecule has 1 nitrogen and oxygen atoms in total. The van der Waals surface area contributed by atoms with Gasteiger partial charge in [0.15, 0.2) is 0 Å². The van der Waals surface area contributed by atoms with Gasteiger partial charge in [0.05, 0.1) is 8.07 Å². The van der Waals surface area contributed by atoms with Gasteiger partial charge >= 0.3 is 0 Å². The molecule has 0 aliphatic heterocycles. The van der Waals surface area contributed by atoms with E-state index < -0.39 is 8.07 Å². The maximum Gasteiger partial charge on any atom is 0.0966 e. The van der Waals surface area contributed by atoms with Crippen LogP contribution in [0.15, 0.2) is 0 Å². The van der Waals surface area contributed by atoms with Crippen LogP contribution in [-0.4, -0.2) is 32.1 Å². The summed E-state index contributed by atoms with van der Waals surface area (Å²) < 4.78 is 0. The van der Waals surface area contributed by atoms with Crippen LogP contribution in [0.25, 0.3) is 0 Å². The number of hydrogen-bond donors (Lipinski definition) is 0. The van der Waals surface area contributed by atoms with Crippen LogP contribution in [0, 0.1) is 0 Å². The molecule has 0 aromatic carbocycles. The van der Waals surface area contributed by atoms with Gasteiger partial charge in [-0.3, -0.25) is 4.90 Å². The van der Waals surface area contributed by atoms with Crippen molar-refractivity contribution in [1.29, 1.82) is 0 Å². The molecule has 0 N–H and O–H groups in total. The van der Waals surface area contributed by atoms with Gasteiger partial charge in [0.2, 0.25) is 0 Å². The largest absolute Gasteiger partial charge is 0.285 e. The molecule has 0 atom stereocenters. The number of nitrogens with zero attached hydrogens (tertiary/aromatic N) is 1. The first-order valence-electron chi connectivity index (χ1n) is 3.12. The van der Waals surface area contributed by atoms with Gasteiger partial charge in [0, 0.05) is 0 Å². The van der Waals surface area contributed by atoms with Gasteiger partial charge in [-0.15, -0.1) is 8.86 Å². The van der Waals surface area contributed by atoms with E-state index in [1.54, 1.807) is 0 Å². The molecule has 0 unspecified atom stereocenters. The fourth-order valence-corrected chi connectivity index (χ4v) is 2.01.